The third-order valence-electron chi connectivity index (χ3n) is 7.88. The molecule has 0 bridgehead atoms. The highest BCUT2D eigenvalue weighted by Gasteiger charge is 2.24. The highest BCUT2D eigenvalue weighted by atomic mass is 35.5. The lowest BCUT2D eigenvalue weighted by atomic mass is 10.1. The molecule has 1 aromatic heterocycles. The van der Waals surface area contributed by atoms with E-state index in [9.17, 15) is 4.79 Å². The number of hydrogen-bond acceptors (Lipinski definition) is 9. The Kier molecular flexibility index (Phi) is 11.5. The lowest BCUT2D eigenvalue weighted by Gasteiger charge is -2.36. The van der Waals surface area contributed by atoms with Gasteiger partial charge in [0.15, 0.2) is 16.7 Å². The summed E-state index contributed by atoms with van der Waals surface area (Å²) >= 11 is 7.90. The van der Waals surface area contributed by atoms with Crippen LogP contribution in [0.25, 0.3) is 0 Å². The van der Waals surface area contributed by atoms with E-state index >= 15 is 0 Å². The van der Waals surface area contributed by atoms with Gasteiger partial charge in [-0.25, -0.2) is 9.97 Å². The Morgan fingerprint density at radius 1 is 0.891 bits per heavy atom. The van der Waals surface area contributed by atoms with E-state index < -0.39 is 0 Å². The van der Waals surface area contributed by atoms with Crippen molar-refractivity contribution in [1.82, 2.24) is 14.9 Å². The number of para-hydroxylation sites is 2. The molecule has 46 heavy (non-hydrogen) atoms. The predicted octanol–water partition coefficient (Wildman–Crippen LogP) is 6.48. The molecule has 9 nitrogen and oxygen atoms in total. The molecule has 0 radical (unpaired) electrons. The zero-order valence-electron chi connectivity index (χ0n) is 26.7. The minimum absolute atomic E-state index is 0.0517. The van der Waals surface area contributed by atoms with Crippen molar-refractivity contribution in [2.75, 3.05) is 70.4 Å². The number of nitrogens with zero attached hydrogens (tertiary/aromatic N) is 5. The summed E-state index contributed by atoms with van der Waals surface area (Å²) < 4.78 is 16.6. The molecule has 0 atom stereocenters. The van der Waals surface area contributed by atoms with E-state index in [2.05, 4.69) is 20.9 Å². The summed E-state index contributed by atoms with van der Waals surface area (Å²) in [5.74, 6) is 3.76. The Morgan fingerprint density at radius 3 is 2.33 bits per heavy atom. The van der Waals surface area contributed by atoms with Gasteiger partial charge < -0.3 is 28.9 Å². The Morgan fingerprint density at radius 2 is 1.61 bits per heavy atom. The summed E-state index contributed by atoms with van der Waals surface area (Å²) in [5, 5.41) is 0.997. The van der Waals surface area contributed by atoms with Crippen LogP contribution in [0, 0.1) is 0 Å². The first-order valence-electron chi connectivity index (χ1n) is 15.3. The van der Waals surface area contributed by atoms with Crippen molar-refractivity contribution in [2.24, 2.45) is 0 Å². The number of ether oxygens (including phenoxy) is 3. The molecule has 0 aliphatic carbocycles. The highest BCUT2D eigenvalue weighted by molar-refractivity contribution is 7.98. The zero-order valence-corrected chi connectivity index (χ0v) is 28.3. The molecule has 0 N–H and O–H groups in total. The molecule has 1 fully saturated rings. The lowest BCUT2D eigenvalue weighted by molar-refractivity contribution is 0.0746. The van der Waals surface area contributed by atoms with E-state index in [1.807, 2.05) is 79.5 Å². The number of amides is 1. The van der Waals surface area contributed by atoms with Gasteiger partial charge in [0.25, 0.3) is 5.91 Å². The number of hydrogen-bond donors (Lipinski definition) is 0. The van der Waals surface area contributed by atoms with E-state index in [4.69, 9.17) is 30.8 Å². The number of likely N-dealkylation sites (N-methyl/N-ethyl adjacent to an activating group) is 1. The van der Waals surface area contributed by atoms with Crippen LogP contribution >= 0.6 is 23.4 Å². The number of piperazine rings is 1. The maximum Gasteiger partial charge on any atom is 0.253 e. The van der Waals surface area contributed by atoms with Gasteiger partial charge in [0.2, 0.25) is 0 Å². The molecule has 1 aliphatic rings. The molecule has 4 aromatic rings. The van der Waals surface area contributed by atoms with E-state index in [0.29, 0.717) is 52.8 Å². The molecule has 3 aromatic carbocycles. The Bertz CT molecular complexity index is 1620. The van der Waals surface area contributed by atoms with Gasteiger partial charge in [-0.2, -0.15) is 0 Å². The van der Waals surface area contributed by atoms with E-state index in [1.165, 1.54) is 11.8 Å². The Hall–Kier alpha value is -4.15. The van der Waals surface area contributed by atoms with Gasteiger partial charge in [-0.3, -0.25) is 4.79 Å². The fourth-order valence-electron chi connectivity index (χ4n) is 5.31. The van der Waals surface area contributed by atoms with Crippen molar-refractivity contribution in [3.8, 4) is 17.2 Å². The van der Waals surface area contributed by atoms with E-state index in [-0.39, 0.29) is 5.91 Å². The van der Waals surface area contributed by atoms with Gasteiger partial charge in [-0.05, 0) is 60.9 Å². The van der Waals surface area contributed by atoms with Gasteiger partial charge >= 0.3 is 0 Å². The summed E-state index contributed by atoms with van der Waals surface area (Å²) in [6, 6.07) is 23.6. The van der Waals surface area contributed by atoms with Crippen LogP contribution in [-0.4, -0.2) is 81.4 Å². The number of methoxy groups -OCH3 is 2. The normalized spacial score (nSPS) is 13.0. The first-order chi connectivity index (χ1) is 22.4. The van der Waals surface area contributed by atoms with Crippen LogP contribution in [0.5, 0.6) is 17.2 Å². The zero-order chi connectivity index (χ0) is 32.5. The maximum absolute atomic E-state index is 13.3. The standard InChI is InChI=1S/C35H40ClN5O4S/c1-5-45-29-9-7-6-8-28(29)40-18-20-41(21-19-40)34(42)27-13-10-26(11-14-27)24-46-35-37-32(36)23-33(38-35)39(2)17-16-25-12-15-30(43-3)31(22-25)44-4/h6-15,22-23H,5,16-21,24H2,1-4H3. The first kappa shape index (κ1) is 33.2. The monoisotopic (exact) mass is 661 g/mol. The number of benzene rings is 3. The highest BCUT2D eigenvalue weighted by Crippen LogP contribution is 2.30. The van der Waals surface area contributed by atoms with Crippen LogP contribution in [0.2, 0.25) is 5.15 Å². The van der Waals surface area contributed by atoms with Crippen LogP contribution < -0.4 is 24.0 Å². The van der Waals surface area contributed by atoms with Crippen LogP contribution in [0.4, 0.5) is 11.5 Å². The first-order valence-corrected chi connectivity index (χ1v) is 16.7. The molecule has 11 heteroatoms. The molecule has 242 valence electrons. The fourth-order valence-corrected chi connectivity index (χ4v) is 6.35. The number of halogens is 1. The smallest absolute Gasteiger partial charge is 0.253 e. The molecule has 1 saturated heterocycles. The molecule has 1 amide bonds. The lowest BCUT2D eigenvalue weighted by Crippen LogP contribution is -2.48. The van der Waals surface area contributed by atoms with Crippen molar-refractivity contribution in [3.63, 3.8) is 0 Å². The third kappa shape index (κ3) is 8.35. The number of anilines is 2. The fraction of sp³-hybridized carbons (Fsp3) is 0.343. The summed E-state index contributed by atoms with van der Waals surface area (Å²) in [7, 11) is 5.26. The SMILES string of the molecule is CCOc1ccccc1N1CCN(C(=O)c2ccc(CSc3nc(Cl)cc(N(C)CCc4ccc(OC)c(OC)c4)n3)cc2)CC1. The van der Waals surface area contributed by atoms with Crippen molar-refractivity contribution in [3.05, 3.63) is 94.6 Å². The molecule has 0 spiro atoms. The Balaban J connectivity index is 1.13. The van der Waals surface area contributed by atoms with Crippen molar-refractivity contribution in [1.29, 1.82) is 0 Å². The number of carbonyl (C=O) groups is 1. The molecule has 1 aliphatic heterocycles. The van der Waals surface area contributed by atoms with Crippen LogP contribution in [-0.2, 0) is 12.2 Å². The average molecular weight is 662 g/mol. The average Bonchev–Trinajstić information content (AvgIpc) is 3.09. The minimum atomic E-state index is 0.0517. The second-order valence-electron chi connectivity index (χ2n) is 10.9. The number of aromatic nitrogens is 2. The quantitative estimate of drug-likeness (QED) is 0.0909. The molecular formula is C35H40ClN5O4S. The largest absolute Gasteiger partial charge is 0.493 e. The number of thioether (sulfide) groups is 1. The van der Waals surface area contributed by atoms with Crippen LogP contribution in [0.3, 0.4) is 0 Å². The molecule has 0 unspecified atom stereocenters. The molecule has 5 rings (SSSR count). The van der Waals surface area contributed by atoms with Gasteiger partial charge in [0.05, 0.1) is 26.5 Å². The number of carbonyl (C=O) groups excluding carboxylic acids is 1. The predicted molar refractivity (Wildman–Crippen MR) is 185 cm³/mol. The van der Waals surface area contributed by atoms with Crippen LogP contribution in [0.1, 0.15) is 28.4 Å². The summed E-state index contributed by atoms with van der Waals surface area (Å²) in [4.78, 5) is 28.7. The third-order valence-corrected chi connectivity index (χ3v) is 8.99. The summed E-state index contributed by atoms with van der Waals surface area (Å²) in [6.07, 6.45) is 0.795. The summed E-state index contributed by atoms with van der Waals surface area (Å²) in [5.41, 5.74) is 3.97. The second-order valence-corrected chi connectivity index (χ2v) is 12.2. The summed E-state index contributed by atoms with van der Waals surface area (Å²) in [6.45, 7) is 6.19. The Labute approximate surface area is 280 Å². The van der Waals surface area contributed by atoms with Gasteiger partial charge in [-0.15, -0.1) is 0 Å². The molecule has 2 heterocycles. The topological polar surface area (TPSA) is 80.3 Å². The molecular weight excluding hydrogens is 622 g/mol. The van der Waals surface area contributed by atoms with Crippen LogP contribution in [0.15, 0.2) is 78.0 Å². The van der Waals surface area contributed by atoms with E-state index in [1.54, 1.807) is 20.3 Å². The van der Waals surface area contributed by atoms with Crippen molar-refractivity contribution < 1.29 is 19.0 Å². The number of rotatable bonds is 13. The van der Waals surface area contributed by atoms with Crippen molar-refractivity contribution in [2.45, 2.75) is 24.3 Å². The van der Waals surface area contributed by atoms with Gasteiger partial charge in [0.1, 0.15) is 16.7 Å². The van der Waals surface area contributed by atoms with Gasteiger partial charge in [0, 0.05) is 57.2 Å². The second kappa shape index (κ2) is 15.9. The van der Waals surface area contributed by atoms with E-state index in [0.717, 1.165) is 54.4 Å². The molecule has 0 saturated carbocycles. The van der Waals surface area contributed by atoms with Crippen molar-refractivity contribution >= 4 is 40.8 Å². The minimum Gasteiger partial charge on any atom is -0.493 e. The van der Waals surface area contributed by atoms with Gasteiger partial charge in [-0.1, -0.05) is 53.7 Å². The maximum atomic E-state index is 13.3.